The minimum absolute atomic E-state index is 0.365. The van der Waals surface area contributed by atoms with Crippen molar-refractivity contribution in [2.45, 2.75) is 31.7 Å². The fourth-order valence-corrected chi connectivity index (χ4v) is 1.92. The zero-order valence-electron chi connectivity index (χ0n) is 10.2. The third-order valence-corrected chi connectivity index (χ3v) is 3.52. The lowest BCUT2D eigenvalue weighted by molar-refractivity contribution is 0.560. The van der Waals surface area contributed by atoms with Crippen LogP contribution in [0.3, 0.4) is 0 Å². The molecular formula is C13H18N2S. The quantitative estimate of drug-likeness (QED) is 0.806. The van der Waals surface area contributed by atoms with E-state index in [2.05, 4.69) is 32.2 Å². The van der Waals surface area contributed by atoms with Gasteiger partial charge in [0.2, 0.25) is 0 Å². The molecule has 0 amide bonds. The van der Waals surface area contributed by atoms with Crippen molar-refractivity contribution in [2.75, 3.05) is 11.6 Å². The van der Waals surface area contributed by atoms with E-state index in [0.29, 0.717) is 12.0 Å². The molecule has 86 valence electrons. The van der Waals surface area contributed by atoms with Gasteiger partial charge in [0.15, 0.2) is 0 Å². The highest BCUT2D eigenvalue weighted by Crippen LogP contribution is 2.27. The normalized spacial score (nSPS) is 12.2. The monoisotopic (exact) mass is 234 g/mol. The predicted octanol–water partition coefficient (Wildman–Crippen LogP) is 3.74. The third kappa shape index (κ3) is 2.93. The Morgan fingerprint density at radius 3 is 2.50 bits per heavy atom. The zero-order valence-corrected chi connectivity index (χ0v) is 11.1. The number of nitriles is 1. The van der Waals surface area contributed by atoms with E-state index in [1.54, 1.807) is 11.8 Å². The van der Waals surface area contributed by atoms with E-state index in [1.165, 1.54) is 0 Å². The van der Waals surface area contributed by atoms with Crippen LogP contribution in [0.2, 0.25) is 0 Å². The first-order valence-electron chi connectivity index (χ1n) is 5.43. The van der Waals surface area contributed by atoms with Crippen molar-refractivity contribution in [2.24, 2.45) is 5.92 Å². The van der Waals surface area contributed by atoms with Gasteiger partial charge in [-0.25, -0.2) is 0 Å². The van der Waals surface area contributed by atoms with Gasteiger partial charge in [-0.3, -0.25) is 0 Å². The van der Waals surface area contributed by atoms with E-state index >= 15 is 0 Å². The van der Waals surface area contributed by atoms with Crippen molar-refractivity contribution in [1.82, 2.24) is 0 Å². The van der Waals surface area contributed by atoms with E-state index in [1.807, 2.05) is 24.5 Å². The first kappa shape index (κ1) is 12.9. The van der Waals surface area contributed by atoms with Gasteiger partial charge < -0.3 is 5.32 Å². The molecule has 0 radical (unpaired) electrons. The number of hydrogen-bond acceptors (Lipinski definition) is 3. The molecule has 0 spiro atoms. The Morgan fingerprint density at radius 2 is 2.00 bits per heavy atom. The lowest BCUT2D eigenvalue weighted by Gasteiger charge is -2.20. The van der Waals surface area contributed by atoms with Crippen molar-refractivity contribution in [3.05, 3.63) is 23.8 Å². The molecule has 0 fully saturated rings. The summed E-state index contributed by atoms with van der Waals surface area (Å²) in [6.07, 6.45) is 1.99. The smallest absolute Gasteiger partial charge is 0.102 e. The second kappa shape index (κ2) is 5.81. The van der Waals surface area contributed by atoms with Crippen molar-refractivity contribution in [3.63, 3.8) is 0 Å². The maximum absolute atomic E-state index is 9.18. The summed E-state index contributed by atoms with van der Waals surface area (Å²) in [6, 6.07) is 8.58. The molecule has 0 aliphatic rings. The maximum Gasteiger partial charge on any atom is 0.102 e. The highest BCUT2D eigenvalue weighted by molar-refractivity contribution is 7.98. The molecule has 3 heteroatoms. The first-order valence-corrected chi connectivity index (χ1v) is 6.66. The average Bonchev–Trinajstić information content (AvgIpc) is 2.28. The summed E-state index contributed by atoms with van der Waals surface area (Å²) in [5.74, 6) is 0.546. The molecule has 0 saturated heterocycles. The van der Waals surface area contributed by atoms with Crippen LogP contribution in [-0.2, 0) is 0 Å². The number of nitrogens with zero attached hydrogens (tertiary/aromatic N) is 1. The van der Waals surface area contributed by atoms with Crippen LogP contribution in [0.1, 0.15) is 26.3 Å². The summed E-state index contributed by atoms with van der Waals surface area (Å²) in [6.45, 7) is 6.47. The summed E-state index contributed by atoms with van der Waals surface area (Å²) < 4.78 is 0. The van der Waals surface area contributed by atoms with Crippen LogP contribution in [0.4, 0.5) is 5.69 Å². The minimum Gasteiger partial charge on any atom is -0.381 e. The van der Waals surface area contributed by atoms with Crippen molar-refractivity contribution < 1.29 is 0 Å². The molecule has 2 nitrogen and oxygen atoms in total. The van der Waals surface area contributed by atoms with Gasteiger partial charge in [-0.1, -0.05) is 19.9 Å². The van der Waals surface area contributed by atoms with Crippen molar-refractivity contribution in [3.8, 4) is 6.07 Å². The molecule has 1 aromatic rings. The molecule has 0 bridgehead atoms. The molecule has 0 saturated carbocycles. The minimum atomic E-state index is 0.365. The summed E-state index contributed by atoms with van der Waals surface area (Å²) in [5.41, 5.74) is 1.69. The SMILES string of the molecule is CSc1cccc(NC(C)C(C)C)c1C#N. The Bertz CT molecular complexity index is 393. The second-order valence-corrected chi connectivity index (χ2v) is 5.02. The van der Waals surface area contributed by atoms with E-state index < -0.39 is 0 Å². The van der Waals surface area contributed by atoms with Gasteiger partial charge in [-0.05, 0) is 31.2 Å². The second-order valence-electron chi connectivity index (χ2n) is 4.17. The molecular weight excluding hydrogens is 216 g/mol. The number of anilines is 1. The van der Waals surface area contributed by atoms with Crippen LogP contribution in [0.25, 0.3) is 0 Å². The van der Waals surface area contributed by atoms with Gasteiger partial charge in [0, 0.05) is 10.9 Å². The molecule has 1 unspecified atom stereocenters. The third-order valence-electron chi connectivity index (χ3n) is 2.74. The molecule has 1 atom stereocenters. The number of nitrogens with one attached hydrogen (secondary N) is 1. The van der Waals surface area contributed by atoms with Gasteiger partial charge in [0.25, 0.3) is 0 Å². The standard InChI is InChI=1S/C13H18N2S/c1-9(2)10(3)15-12-6-5-7-13(16-4)11(12)8-14/h5-7,9-10,15H,1-4H3. The largest absolute Gasteiger partial charge is 0.381 e. The topological polar surface area (TPSA) is 35.8 Å². The maximum atomic E-state index is 9.18. The molecule has 1 rings (SSSR count). The van der Waals surface area contributed by atoms with Gasteiger partial charge in [0.05, 0.1) is 11.3 Å². The fraction of sp³-hybridized carbons (Fsp3) is 0.462. The first-order chi connectivity index (χ1) is 7.60. The summed E-state index contributed by atoms with van der Waals surface area (Å²) in [5, 5.41) is 12.6. The molecule has 0 aliphatic heterocycles. The highest BCUT2D eigenvalue weighted by Gasteiger charge is 2.11. The van der Waals surface area contributed by atoms with E-state index in [9.17, 15) is 5.26 Å². The predicted molar refractivity (Wildman–Crippen MR) is 70.9 cm³/mol. The van der Waals surface area contributed by atoms with E-state index in [0.717, 1.165) is 16.1 Å². The Morgan fingerprint density at radius 1 is 1.31 bits per heavy atom. The van der Waals surface area contributed by atoms with Crippen molar-refractivity contribution in [1.29, 1.82) is 5.26 Å². The van der Waals surface area contributed by atoms with Crippen LogP contribution >= 0.6 is 11.8 Å². The number of rotatable bonds is 4. The van der Waals surface area contributed by atoms with Crippen LogP contribution in [0.15, 0.2) is 23.1 Å². The highest BCUT2D eigenvalue weighted by atomic mass is 32.2. The Labute approximate surface area is 102 Å². The molecule has 16 heavy (non-hydrogen) atoms. The molecule has 0 aromatic heterocycles. The Hall–Kier alpha value is -1.14. The van der Waals surface area contributed by atoms with Crippen LogP contribution in [0.5, 0.6) is 0 Å². The molecule has 1 aromatic carbocycles. The Balaban J connectivity index is 3.01. The van der Waals surface area contributed by atoms with Gasteiger partial charge in [-0.2, -0.15) is 5.26 Å². The summed E-state index contributed by atoms with van der Waals surface area (Å²) in [7, 11) is 0. The Kier molecular flexibility index (Phi) is 4.70. The number of hydrogen-bond donors (Lipinski definition) is 1. The lowest BCUT2D eigenvalue weighted by atomic mass is 10.1. The van der Waals surface area contributed by atoms with Crippen LogP contribution in [0, 0.1) is 17.2 Å². The molecule has 0 heterocycles. The lowest BCUT2D eigenvalue weighted by Crippen LogP contribution is -2.22. The molecule has 0 aliphatic carbocycles. The van der Waals surface area contributed by atoms with Gasteiger partial charge in [-0.15, -0.1) is 11.8 Å². The van der Waals surface area contributed by atoms with Crippen LogP contribution in [-0.4, -0.2) is 12.3 Å². The molecule has 1 N–H and O–H groups in total. The van der Waals surface area contributed by atoms with E-state index in [-0.39, 0.29) is 0 Å². The average molecular weight is 234 g/mol. The van der Waals surface area contributed by atoms with Crippen molar-refractivity contribution >= 4 is 17.4 Å². The van der Waals surface area contributed by atoms with Crippen LogP contribution < -0.4 is 5.32 Å². The summed E-state index contributed by atoms with van der Waals surface area (Å²) in [4.78, 5) is 1.03. The zero-order chi connectivity index (χ0) is 12.1. The van der Waals surface area contributed by atoms with Gasteiger partial charge in [0.1, 0.15) is 6.07 Å². The number of benzene rings is 1. The summed E-state index contributed by atoms with van der Waals surface area (Å²) >= 11 is 1.61. The fourth-order valence-electron chi connectivity index (χ4n) is 1.35. The van der Waals surface area contributed by atoms with E-state index in [4.69, 9.17) is 0 Å². The van der Waals surface area contributed by atoms with Gasteiger partial charge >= 0.3 is 0 Å². The number of thioether (sulfide) groups is 1.